The van der Waals surface area contributed by atoms with Crippen LogP contribution in [-0.4, -0.2) is 21.9 Å². The van der Waals surface area contributed by atoms with Gasteiger partial charge in [-0.05, 0) is 66.4 Å². The summed E-state index contributed by atoms with van der Waals surface area (Å²) in [5.74, 6) is 0.297. The highest BCUT2D eigenvalue weighted by atomic mass is 19.1. The van der Waals surface area contributed by atoms with Crippen LogP contribution in [0.25, 0.3) is 10.9 Å². The van der Waals surface area contributed by atoms with Gasteiger partial charge in [-0.2, -0.15) is 0 Å². The van der Waals surface area contributed by atoms with Gasteiger partial charge < -0.3 is 15.1 Å². The van der Waals surface area contributed by atoms with E-state index in [-0.39, 0.29) is 23.5 Å². The topological polar surface area (TPSA) is 80.0 Å². The summed E-state index contributed by atoms with van der Waals surface area (Å²) in [6.45, 7) is 0. The zero-order valence-electron chi connectivity index (χ0n) is 15.4. The first-order valence-corrected chi connectivity index (χ1v) is 9.29. The van der Waals surface area contributed by atoms with E-state index in [4.69, 9.17) is 4.42 Å². The number of carbonyl (C=O) groups is 1. The summed E-state index contributed by atoms with van der Waals surface area (Å²) in [4.78, 5) is 20.7. The van der Waals surface area contributed by atoms with Gasteiger partial charge in [0.1, 0.15) is 18.0 Å². The minimum atomic E-state index is -0.318. The molecular formula is C22H17FN4O2. The molecule has 2 N–H and O–H groups in total. The maximum absolute atomic E-state index is 13.7. The van der Waals surface area contributed by atoms with Crippen LogP contribution < -0.4 is 10.6 Å². The highest BCUT2D eigenvalue weighted by Crippen LogP contribution is 2.29. The second-order valence-corrected chi connectivity index (χ2v) is 7.05. The van der Waals surface area contributed by atoms with Gasteiger partial charge in [-0.1, -0.05) is 6.07 Å². The lowest BCUT2D eigenvalue weighted by atomic mass is 10.1. The van der Waals surface area contributed by atoms with Crippen LogP contribution in [0.1, 0.15) is 21.7 Å². The van der Waals surface area contributed by atoms with Crippen molar-refractivity contribution in [2.45, 2.75) is 18.9 Å². The van der Waals surface area contributed by atoms with Crippen LogP contribution in [0.5, 0.6) is 0 Å². The third-order valence-corrected chi connectivity index (χ3v) is 5.08. The van der Waals surface area contributed by atoms with Gasteiger partial charge in [0.2, 0.25) is 0 Å². The monoisotopic (exact) mass is 388 g/mol. The molecule has 0 bridgehead atoms. The molecule has 0 saturated heterocycles. The van der Waals surface area contributed by atoms with Gasteiger partial charge in [-0.25, -0.2) is 14.4 Å². The van der Waals surface area contributed by atoms with Crippen molar-refractivity contribution in [2.24, 2.45) is 0 Å². The van der Waals surface area contributed by atoms with E-state index in [9.17, 15) is 9.18 Å². The number of hydrogen-bond acceptors (Lipinski definition) is 5. The van der Waals surface area contributed by atoms with Crippen LogP contribution in [0.4, 0.5) is 15.9 Å². The number of fused-ring (bicyclic) bond motifs is 2. The molecule has 144 valence electrons. The van der Waals surface area contributed by atoms with Crippen molar-refractivity contribution in [2.75, 3.05) is 10.6 Å². The van der Waals surface area contributed by atoms with Crippen LogP contribution in [-0.2, 0) is 12.8 Å². The smallest absolute Gasteiger partial charge is 0.291 e. The lowest BCUT2D eigenvalue weighted by Gasteiger charge is -2.14. The summed E-state index contributed by atoms with van der Waals surface area (Å²) < 4.78 is 18.8. The minimum absolute atomic E-state index is 0.127. The average Bonchev–Trinajstić information content (AvgIpc) is 3.38. The second kappa shape index (κ2) is 7.01. The molecule has 2 heterocycles. The molecule has 1 aliphatic carbocycles. The number of furan rings is 1. The highest BCUT2D eigenvalue weighted by Gasteiger charge is 2.23. The zero-order valence-corrected chi connectivity index (χ0v) is 15.4. The van der Waals surface area contributed by atoms with Crippen molar-refractivity contribution in [3.05, 3.63) is 83.8 Å². The molecule has 1 unspecified atom stereocenters. The molecule has 1 atom stereocenters. The van der Waals surface area contributed by atoms with Gasteiger partial charge in [0, 0.05) is 17.1 Å². The van der Waals surface area contributed by atoms with E-state index in [2.05, 4.69) is 20.6 Å². The number of anilines is 2. The van der Waals surface area contributed by atoms with E-state index >= 15 is 0 Å². The van der Waals surface area contributed by atoms with E-state index in [0.29, 0.717) is 16.7 Å². The molecule has 6 nitrogen and oxygen atoms in total. The molecular weight excluding hydrogens is 371 g/mol. The third-order valence-electron chi connectivity index (χ3n) is 5.08. The van der Waals surface area contributed by atoms with E-state index in [1.807, 2.05) is 18.2 Å². The van der Waals surface area contributed by atoms with Gasteiger partial charge in [0.25, 0.3) is 5.91 Å². The molecule has 1 amide bonds. The highest BCUT2D eigenvalue weighted by molar-refractivity contribution is 6.02. The number of halogens is 1. The molecule has 2 aromatic heterocycles. The maximum Gasteiger partial charge on any atom is 0.291 e. The van der Waals surface area contributed by atoms with Crippen molar-refractivity contribution in [3.63, 3.8) is 0 Å². The predicted molar refractivity (Wildman–Crippen MR) is 107 cm³/mol. The molecule has 4 aromatic rings. The fourth-order valence-corrected chi connectivity index (χ4v) is 3.74. The Balaban J connectivity index is 1.33. The molecule has 7 heteroatoms. The molecule has 0 radical (unpaired) electrons. The van der Waals surface area contributed by atoms with Crippen LogP contribution >= 0.6 is 0 Å². The average molecular weight is 388 g/mol. The van der Waals surface area contributed by atoms with E-state index in [1.54, 1.807) is 18.2 Å². The number of nitrogens with one attached hydrogen (secondary N) is 2. The SMILES string of the molecule is O=C(Nc1ccc2c(c1)CC(Nc1ncnc3ccc(F)cc13)C2)c1ccco1. The van der Waals surface area contributed by atoms with E-state index in [1.165, 1.54) is 30.3 Å². The first-order valence-electron chi connectivity index (χ1n) is 9.29. The summed E-state index contributed by atoms with van der Waals surface area (Å²) in [5, 5.41) is 6.94. The minimum Gasteiger partial charge on any atom is -0.459 e. The molecule has 0 fully saturated rings. The number of amides is 1. The first kappa shape index (κ1) is 17.4. The Kier molecular flexibility index (Phi) is 4.20. The van der Waals surface area contributed by atoms with Crippen molar-refractivity contribution in [1.29, 1.82) is 0 Å². The van der Waals surface area contributed by atoms with Crippen molar-refractivity contribution < 1.29 is 13.6 Å². The van der Waals surface area contributed by atoms with Gasteiger partial charge in [-0.3, -0.25) is 4.79 Å². The maximum atomic E-state index is 13.7. The Hall–Kier alpha value is -3.74. The molecule has 5 rings (SSSR count). The summed E-state index contributed by atoms with van der Waals surface area (Å²) >= 11 is 0. The normalized spacial score (nSPS) is 15.3. The molecule has 0 aliphatic heterocycles. The number of nitrogens with zero attached hydrogens (tertiary/aromatic N) is 2. The summed E-state index contributed by atoms with van der Waals surface area (Å²) in [6, 6.07) is 13.8. The van der Waals surface area contributed by atoms with E-state index < -0.39 is 0 Å². The van der Waals surface area contributed by atoms with Crippen molar-refractivity contribution in [3.8, 4) is 0 Å². The van der Waals surface area contributed by atoms with Crippen LogP contribution in [0.15, 0.2) is 65.5 Å². The standard InChI is InChI=1S/C22H17FN4O2/c23-15-4-6-19-18(11-15)21(25-12-24-19)26-17-8-13-3-5-16(9-14(13)10-17)27-22(28)20-2-1-7-29-20/h1-7,9,11-12,17H,8,10H2,(H,27,28)(H,24,25,26). The Bertz CT molecular complexity index is 1210. The van der Waals surface area contributed by atoms with Gasteiger partial charge in [0.15, 0.2) is 5.76 Å². The lowest BCUT2D eigenvalue weighted by Crippen LogP contribution is -2.20. The first-order chi connectivity index (χ1) is 14.2. The molecule has 0 saturated carbocycles. The summed E-state index contributed by atoms with van der Waals surface area (Å²) in [5.41, 5.74) is 3.79. The van der Waals surface area contributed by atoms with Crippen LogP contribution in [0, 0.1) is 5.82 Å². The molecule has 1 aliphatic rings. The largest absolute Gasteiger partial charge is 0.459 e. The molecule has 29 heavy (non-hydrogen) atoms. The van der Waals surface area contributed by atoms with Crippen LogP contribution in [0.2, 0.25) is 0 Å². The fourth-order valence-electron chi connectivity index (χ4n) is 3.74. The van der Waals surface area contributed by atoms with Crippen LogP contribution in [0.3, 0.4) is 0 Å². The Morgan fingerprint density at radius 1 is 1.07 bits per heavy atom. The number of carbonyl (C=O) groups excluding carboxylic acids is 1. The summed E-state index contributed by atoms with van der Waals surface area (Å²) in [6.07, 6.45) is 4.55. The quantitative estimate of drug-likeness (QED) is 0.548. The zero-order chi connectivity index (χ0) is 19.8. The third kappa shape index (κ3) is 3.42. The Morgan fingerprint density at radius 2 is 1.97 bits per heavy atom. The Morgan fingerprint density at radius 3 is 2.83 bits per heavy atom. The number of aromatic nitrogens is 2. The van der Waals surface area contributed by atoms with Gasteiger partial charge in [0.05, 0.1) is 11.8 Å². The fraction of sp³-hybridized carbons (Fsp3) is 0.136. The molecule has 2 aromatic carbocycles. The number of rotatable bonds is 4. The molecule has 0 spiro atoms. The second-order valence-electron chi connectivity index (χ2n) is 7.05. The van der Waals surface area contributed by atoms with Gasteiger partial charge in [-0.15, -0.1) is 0 Å². The van der Waals surface area contributed by atoms with E-state index in [0.717, 1.165) is 24.1 Å². The summed E-state index contributed by atoms with van der Waals surface area (Å²) in [7, 11) is 0. The Labute approximate surface area is 165 Å². The number of hydrogen-bond donors (Lipinski definition) is 2. The van der Waals surface area contributed by atoms with Gasteiger partial charge >= 0.3 is 0 Å². The van der Waals surface area contributed by atoms with Crippen molar-refractivity contribution in [1.82, 2.24) is 9.97 Å². The predicted octanol–water partition coefficient (Wildman–Crippen LogP) is 4.19. The lowest BCUT2D eigenvalue weighted by molar-refractivity contribution is 0.0996. The van der Waals surface area contributed by atoms with Crippen molar-refractivity contribution >= 4 is 28.3 Å². The number of benzene rings is 2.